The Morgan fingerprint density at radius 1 is 1.17 bits per heavy atom. The van der Waals surface area contributed by atoms with Crippen molar-refractivity contribution in [2.75, 3.05) is 19.5 Å². The molecule has 0 amide bonds. The van der Waals surface area contributed by atoms with Crippen molar-refractivity contribution in [2.24, 2.45) is 0 Å². The summed E-state index contributed by atoms with van der Waals surface area (Å²) in [6.07, 6.45) is 0.816. The van der Waals surface area contributed by atoms with Crippen molar-refractivity contribution in [2.45, 2.75) is 6.42 Å². The van der Waals surface area contributed by atoms with E-state index in [1.807, 2.05) is 42.5 Å². The van der Waals surface area contributed by atoms with E-state index in [1.54, 1.807) is 7.11 Å². The lowest BCUT2D eigenvalue weighted by atomic mass is 9.99. The third-order valence-corrected chi connectivity index (χ3v) is 3.14. The zero-order valence-corrected chi connectivity index (χ0v) is 11.1. The van der Waals surface area contributed by atoms with Crippen molar-refractivity contribution in [1.29, 1.82) is 0 Å². The van der Waals surface area contributed by atoms with Gasteiger partial charge in [-0.2, -0.15) is 0 Å². The summed E-state index contributed by atoms with van der Waals surface area (Å²) in [5.74, 6) is 0. The van der Waals surface area contributed by atoms with Gasteiger partial charge in [-0.1, -0.05) is 41.9 Å². The molecule has 0 fully saturated rings. The number of benzene rings is 2. The molecule has 2 nitrogen and oxygen atoms in total. The first kappa shape index (κ1) is 12.9. The van der Waals surface area contributed by atoms with Crippen LogP contribution in [0.4, 0.5) is 5.69 Å². The van der Waals surface area contributed by atoms with Crippen molar-refractivity contribution in [1.82, 2.24) is 0 Å². The Morgan fingerprint density at radius 3 is 2.67 bits per heavy atom. The third-order valence-electron chi connectivity index (χ3n) is 2.91. The molecule has 0 saturated heterocycles. The number of hydrogen-bond acceptors (Lipinski definition) is 2. The predicted octanol–water partition coefficient (Wildman–Crippen LogP) is 3.78. The average Bonchev–Trinajstić information content (AvgIpc) is 2.37. The molecule has 0 radical (unpaired) electrons. The lowest BCUT2D eigenvalue weighted by molar-refractivity contribution is 0.202. The Kier molecular flexibility index (Phi) is 4.24. The largest absolute Gasteiger partial charge is 0.398 e. The maximum Gasteiger partial charge on any atom is 0.0503 e. The molecule has 0 saturated carbocycles. The highest BCUT2D eigenvalue weighted by Gasteiger charge is 2.07. The number of anilines is 1. The van der Waals surface area contributed by atoms with Crippen LogP contribution in [0.2, 0.25) is 5.02 Å². The Hall–Kier alpha value is -1.51. The number of ether oxygens (including phenoxy) is 1. The average molecular weight is 262 g/mol. The van der Waals surface area contributed by atoms with Gasteiger partial charge in [0, 0.05) is 23.4 Å². The number of halogens is 1. The molecular weight excluding hydrogens is 246 g/mol. The maximum absolute atomic E-state index is 6.21. The van der Waals surface area contributed by atoms with E-state index in [1.165, 1.54) is 0 Å². The molecule has 3 heteroatoms. The van der Waals surface area contributed by atoms with Crippen LogP contribution >= 0.6 is 11.6 Å². The Labute approximate surface area is 112 Å². The fourth-order valence-electron chi connectivity index (χ4n) is 1.95. The number of rotatable bonds is 4. The summed E-state index contributed by atoms with van der Waals surface area (Å²) in [7, 11) is 1.69. The van der Waals surface area contributed by atoms with E-state index in [-0.39, 0.29) is 0 Å². The van der Waals surface area contributed by atoms with Gasteiger partial charge in [0.05, 0.1) is 6.61 Å². The molecule has 0 aliphatic rings. The van der Waals surface area contributed by atoms with Crippen molar-refractivity contribution < 1.29 is 4.74 Å². The second-order valence-corrected chi connectivity index (χ2v) is 4.57. The lowest BCUT2D eigenvalue weighted by Gasteiger charge is -2.11. The Morgan fingerprint density at radius 2 is 1.94 bits per heavy atom. The maximum atomic E-state index is 6.21. The molecule has 18 heavy (non-hydrogen) atoms. The smallest absolute Gasteiger partial charge is 0.0503 e. The second kappa shape index (κ2) is 5.89. The molecule has 0 bridgehead atoms. The number of hydrogen-bond donors (Lipinski definition) is 1. The minimum Gasteiger partial charge on any atom is -0.398 e. The van der Waals surface area contributed by atoms with Crippen LogP contribution in [0.15, 0.2) is 42.5 Å². The highest BCUT2D eigenvalue weighted by molar-refractivity contribution is 6.30. The fraction of sp³-hybridized carbons (Fsp3) is 0.200. The van der Waals surface area contributed by atoms with E-state index in [0.29, 0.717) is 11.6 Å². The van der Waals surface area contributed by atoms with Crippen LogP contribution in [0.3, 0.4) is 0 Å². The summed E-state index contributed by atoms with van der Waals surface area (Å²) in [6.45, 7) is 0.670. The summed E-state index contributed by atoms with van der Waals surface area (Å²) in [4.78, 5) is 0. The fourth-order valence-corrected chi connectivity index (χ4v) is 2.14. The highest BCUT2D eigenvalue weighted by atomic mass is 35.5. The molecule has 0 aliphatic carbocycles. The van der Waals surface area contributed by atoms with E-state index < -0.39 is 0 Å². The molecule has 0 aliphatic heterocycles. The van der Waals surface area contributed by atoms with E-state index in [4.69, 9.17) is 22.1 Å². The van der Waals surface area contributed by atoms with Gasteiger partial charge in [0.2, 0.25) is 0 Å². The quantitative estimate of drug-likeness (QED) is 0.850. The molecule has 0 aromatic heterocycles. The first-order valence-corrected chi connectivity index (χ1v) is 6.22. The zero-order valence-electron chi connectivity index (χ0n) is 10.3. The number of nitrogens with two attached hydrogens (primary N) is 1. The van der Waals surface area contributed by atoms with Gasteiger partial charge >= 0.3 is 0 Å². The van der Waals surface area contributed by atoms with Gasteiger partial charge < -0.3 is 10.5 Å². The van der Waals surface area contributed by atoms with Crippen molar-refractivity contribution in [3.05, 3.63) is 53.1 Å². The van der Waals surface area contributed by atoms with E-state index in [0.717, 1.165) is 28.8 Å². The van der Waals surface area contributed by atoms with Crippen LogP contribution in [0.5, 0.6) is 0 Å². The van der Waals surface area contributed by atoms with Gasteiger partial charge in [-0.15, -0.1) is 0 Å². The van der Waals surface area contributed by atoms with Crippen LogP contribution in [0.1, 0.15) is 5.56 Å². The van der Waals surface area contributed by atoms with E-state index in [9.17, 15) is 0 Å². The molecule has 0 heterocycles. The summed E-state index contributed by atoms with van der Waals surface area (Å²) >= 11 is 6.01. The molecule has 2 rings (SSSR count). The van der Waals surface area contributed by atoms with Gasteiger partial charge in [-0.3, -0.25) is 0 Å². The minimum atomic E-state index is 0.670. The topological polar surface area (TPSA) is 35.2 Å². The number of para-hydroxylation sites is 1. The SMILES string of the molecule is COCCc1cccc(-c2cccc(Cl)c2)c1N. The number of methoxy groups -OCH3 is 1. The first-order valence-electron chi connectivity index (χ1n) is 5.84. The molecular formula is C15H16ClNO. The summed E-state index contributed by atoms with van der Waals surface area (Å²) in [5.41, 5.74) is 10.2. The van der Waals surface area contributed by atoms with Crippen LogP contribution < -0.4 is 5.73 Å². The predicted molar refractivity (Wildman–Crippen MR) is 76.9 cm³/mol. The van der Waals surface area contributed by atoms with Crippen molar-refractivity contribution >= 4 is 17.3 Å². The van der Waals surface area contributed by atoms with E-state index in [2.05, 4.69) is 0 Å². The first-order chi connectivity index (χ1) is 8.72. The van der Waals surface area contributed by atoms with Gasteiger partial charge in [0.1, 0.15) is 0 Å². The summed E-state index contributed by atoms with van der Waals surface area (Å²) in [6, 6.07) is 13.8. The van der Waals surface area contributed by atoms with Crippen molar-refractivity contribution in [3.63, 3.8) is 0 Å². The molecule has 0 spiro atoms. The van der Waals surface area contributed by atoms with Crippen molar-refractivity contribution in [3.8, 4) is 11.1 Å². The van der Waals surface area contributed by atoms with Crippen LogP contribution in [-0.4, -0.2) is 13.7 Å². The van der Waals surface area contributed by atoms with Crippen LogP contribution in [0, 0.1) is 0 Å². The standard InChI is InChI=1S/C15H16ClNO/c1-18-9-8-11-4-3-7-14(15(11)17)12-5-2-6-13(16)10-12/h2-7,10H,8-9,17H2,1H3. The van der Waals surface area contributed by atoms with Gasteiger partial charge in [0.25, 0.3) is 0 Å². The van der Waals surface area contributed by atoms with Crippen LogP contribution in [0.25, 0.3) is 11.1 Å². The molecule has 2 aromatic rings. The van der Waals surface area contributed by atoms with Gasteiger partial charge in [-0.25, -0.2) is 0 Å². The lowest BCUT2D eigenvalue weighted by Crippen LogP contribution is -2.01. The Balaban J connectivity index is 2.39. The molecule has 0 unspecified atom stereocenters. The molecule has 94 valence electrons. The van der Waals surface area contributed by atoms with Gasteiger partial charge in [0.15, 0.2) is 0 Å². The zero-order chi connectivity index (χ0) is 13.0. The monoisotopic (exact) mass is 261 g/mol. The highest BCUT2D eigenvalue weighted by Crippen LogP contribution is 2.30. The molecule has 0 atom stereocenters. The normalized spacial score (nSPS) is 10.6. The van der Waals surface area contributed by atoms with E-state index >= 15 is 0 Å². The summed E-state index contributed by atoms with van der Waals surface area (Å²) < 4.78 is 5.09. The molecule has 2 aromatic carbocycles. The molecule has 2 N–H and O–H groups in total. The second-order valence-electron chi connectivity index (χ2n) is 4.13. The van der Waals surface area contributed by atoms with Gasteiger partial charge in [-0.05, 0) is 29.7 Å². The Bertz CT molecular complexity index is 540. The minimum absolute atomic E-state index is 0.670. The number of nitrogen functional groups attached to an aromatic ring is 1. The summed E-state index contributed by atoms with van der Waals surface area (Å²) in [5, 5.41) is 0.717. The van der Waals surface area contributed by atoms with Crippen LogP contribution in [-0.2, 0) is 11.2 Å². The third kappa shape index (κ3) is 2.84.